The highest BCUT2D eigenvalue weighted by Crippen LogP contribution is 2.31. The lowest BCUT2D eigenvalue weighted by Gasteiger charge is -2.10. The Morgan fingerprint density at radius 3 is 3.06 bits per heavy atom. The highest BCUT2D eigenvalue weighted by Gasteiger charge is 2.28. The van der Waals surface area contributed by atoms with E-state index in [1.54, 1.807) is 18.2 Å². The number of aromatic hydroxyl groups is 1. The van der Waals surface area contributed by atoms with Crippen LogP contribution in [0.3, 0.4) is 0 Å². The molecule has 0 saturated heterocycles. The van der Waals surface area contributed by atoms with Gasteiger partial charge in [0, 0.05) is 18.5 Å². The van der Waals surface area contributed by atoms with E-state index in [4.69, 9.17) is 4.74 Å². The average molecular weight is 285 g/mol. The van der Waals surface area contributed by atoms with Gasteiger partial charge in [0.05, 0.1) is 6.54 Å². The number of ether oxygens (including phenoxy) is 1. The van der Waals surface area contributed by atoms with Crippen LogP contribution in [0.2, 0.25) is 0 Å². The van der Waals surface area contributed by atoms with Gasteiger partial charge in [0.15, 0.2) is 6.10 Å². The van der Waals surface area contributed by atoms with Crippen LogP contribution in [0, 0.1) is 0 Å². The van der Waals surface area contributed by atoms with Crippen molar-refractivity contribution in [2.45, 2.75) is 12.5 Å². The van der Waals surface area contributed by atoms with Crippen molar-refractivity contribution in [2.24, 2.45) is 4.99 Å². The van der Waals surface area contributed by atoms with Gasteiger partial charge in [-0.25, -0.2) is 0 Å². The summed E-state index contributed by atoms with van der Waals surface area (Å²) >= 11 is 0. The van der Waals surface area contributed by atoms with Gasteiger partial charge in [-0.2, -0.15) is 0 Å². The third kappa shape index (κ3) is 1.87. The summed E-state index contributed by atoms with van der Waals surface area (Å²) in [6.45, 7) is 1.73. The predicted octanol–water partition coefficient (Wildman–Crippen LogP) is 1.28. The molecule has 0 amide bonds. The summed E-state index contributed by atoms with van der Waals surface area (Å²) in [7, 11) is 0. The van der Waals surface area contributed by atoms with E-state index < -0.39 is 0 Å². The van der Waals surface area contributed by atoms with Gasteiger partial charge < -0.3 is 15.2 Å². The van der Waals surface area contributed by atoms with Crippen molar-refractivity contribution in [1.82, 2.24) is 5.32 Å². The van der Waals surface area contributed by atoms with Crippen LogP contribution in [0.15, 0.2) is 23.2 Å². The zero-order valence-electron chi connectivity index (χ0n) is 8.64. The molecule has 2 N–H and O–H groups in total. The number of nitrogens with one attached hydrogen (secondary N) is 1. The van der Waals surface area contributed by atoms with Gasteiger partial charge in [-0.1, -0.05) is 0 Å². The second kappa shape index (κ2) is 4.33. The Morgan fingerprint density at radius 1 is 1.44 bits per heavy atom. The number of rotatable bonds is 1. The Bertz CT molecular complexity index is 434. The van der Waals surface area contributed by atoms with Crippen LogP contribution in [-0.2, 0) is 6.42 Å². The molecule has 0 aromatic heterocycles. The van der Waals surface area contributed by atoms with Crippen molar-refractivity contribution in [3.63, 3.8) is 0 Å². The van der Waals surface area contributed by atoms with Gasteiger partial charge in [0.2, 0.25) is 0 Å². The first-order valence-electron chi connectivity index (χ1n) is 5.10. The van der Waals surface area contributed by atoms with Crippen molar-refractivity contribution in [3.05, 3.63) is 23.8 Å². The van der Waals surface area contributed by atoms with Gasteiger partial charge in [0.25, 0.3) is 0 Å². The third-order valence-corrected chi connectivity index (χ3v) is 2.72. The molecule has 0 bridgehead atoms. The molecule has 0 fully saturated rings. The molecule has 0 radical (unpaired) electrons. The fraction of sp³-hybridized carbons (Fsp3) is 0.364. The van der Waals surface area contributed by atoms with Gasteiger partial charge >= 0.3 is 0 Å². The highest BCUT2D eigenvalue weighted by molar-refractivity contribution is 8.93. The van der Waals surface area contributed by atoms with E-state index in [9.17, 15) is 5.11 Å². The monoisotopic (exact) mass is 284 g/mol. The van der Waals surface area contributed by atoms with E-state index in [2.05, 4.69) is 10.3 Å². The summed E-state index contributed by atoms with van der Waals surface area (Å²) in [4.78, 5) is 4.34. The number of amidine groups is 1. The van der Waals surface area contributed by atoms with Crippen molar-refractivity contribution < 1.29 is 9.84 Å². The predicted molar refractivity (Wildman–Crippen MR) is 66.9 cm³/mol. The molecule has 2 heterocycles. The molecular weight excluding hydrogens is 272 g/mol. The maximum absolute atomic E-state index is 9.35. The van der Waals surface area contributed by atoms with Gasteiger partial charge in [0.1, 0.15) is 17.3 Å². The number of benzene rings is 1. The quantitative estimate of drug-likeness (QED) is 0.817. The molecule has 1 unspecified atom stereocenters. The number of fused-ring (bicyclic) bond motifs is 1. The standard InChI is InChI=1S/C11H12N2O2.BrH/c14-8-1-2-9-7(5-8)6-10(15-9)11-12-3-4-13-11;/h1-2,5,10,14H,3-4,6H2,(H,12,13);1H. The first-order valence-corrected chi connectivity index (χ1v) is 5.10. The van der Waals surface area contributed by atoms with E-state index in [1.807, 2.05) is 0 Å². The lowest BCUT2D eigenvalue weighted by molar-refractivity contribution is 0.298. The lowest BCUT2D eigenvalue weighted by atomic mass is 10.1. The van der Waals surface area contributed by atoms with Crippen LogP contribution >= 0.6 is 17.0 Å². The molecule has 1 aromatic rings. The molecule has 1 aromatic carbocycles. The second-order valence-corrected chi connectivity index (χ2v) is 3.80. The molecule has 0 saturated carbocycles. The number of hydrogen-bond donors (Lipinski definition) is 2. The Balaban J connectivity index is 0.000000963. The summed E-state index contributed by atoms with van der Waals surface area (Å²) in [5, 5.41) is 12.6. The zero-order valence-corrected chi connectivity index (χ0v) is 10.4. The fourth-order valence-electron chi connectivity index (χ4n) is 2.02. The number of phenolic OH excluding ortho intramolecular Hbond substituents is 1. The molecule has 2 aliphatic rings. The molecule has 4 nitrogen and oxygen atoms in total. The summed E-state index contributed by atoms with van der Waals surface area (Å²) in [5.41, 5.74) is 1.05. The Hall–Kier alpha value is -1.23. The summed E-state index contributed by atoms with van der Waals surface area (Å²) in [6.07, 6.45) is 0.791. The Morgan fingerprint density at radius 2 is 2.31 bits per heavy atom. The summed E-state index contributed by atoms with van der Waals surface area (Å²) < 4.78 is 5.74. The van der Waals surface area contributed by atoms with Crippen LogP contribution < -0.4 is 10.1 Å². The van der Waals surface area contributed by atoms with Crippen LogP contribution in [-0.4, -0.2) is 30.1 Å². The first kappa shape index (κ1) is 11.3. The fourth-order valence-corrected chi connectivity index (χ4v) is 2.02. The second-order valence-electron chi connectivity index (χ2n) is 3.80. The molecule has 1 atom stereocenters. The zero-order chi connectivity index (χ0) is 10.3. The number of halogens is 1. The van der Waals surface area contributed by atoms with Crippen molar-refractivity contribution in [2.75, 3.05) is 13.1 Å². The molecule has 0 spiro atoms. The van der Waals surface area contributed by atoms with E-state index in [0.29, 0.717) is 5.75 Å². The van der Waals surface area contributed by atoms with E-state index in [-0.39, 0.29) is 23.1 Å². The molecular formula is C11H13BrN2O2. The number of nitrogens with zero attached hydrogens (tertiary/aromatic N) is 1. The molecule has 3 rings (SSSR count). The summed E-state index contributed by atoms with van der Waals surface area (Å²) in [5.74, 6) is 2.08. The maximum Gasteiger partial charge on any atom is 0.159 e. The molecule has 5 heteroatoms. The average Bonchev–Trinajstić information content (AvgIpc) is 2.84. The molecule has 16 heavy (non-hydrogen) atoms. The first-order chi connectivity index (χ1) is 7.33. The number of phenols is 1. The lowest BCUT2D eigenvalue weighted by Crippen LogP contribution is -2.34. The molecule has 86 valence electrons. The van der Waals surface area contributed by atoms with Gasteiger partial charge in [-0.15, -0.1) is 17.0 Å². The van der Waals surface area contributed by atoms with Crippen LogP contribution in [0.4, 0.5) is 0 Å². The molecule has 2 aliphatic heterocycles. The normalized spacial score (nSPS) is 21.5. The van der Waals surface area contributed by atoms with Crippen molar-refractivity contribution >= 4 is 22.8 Å². The van der Waals surface area contributed by atoms with Crippen molar-refractivity contribution in [3.8, 4) is 11.5 Å². The minimum absolute atomic E-state index is 0. The number of hydrogen-bond acceptors (Lipinski definition) is 4. The number of aliphatic imine (C=N–C) groups is 1. The van der Waals surface area contributed by atoms with Gasteiger partial charge in [-0.05, 0) is 18.2 Å². The van der Waals surface area contributed by atoms with Gasteiger partial charge in [-0.3, -0.25) is 4.99 Å². The van der Waals surface area contributed by atoms with E-state index >= 15 is 0 Å². The minimum Gasteiger partial charge on any atom is -0.508 e. The Kier molecular flexibility index (Phi) is 3.05. The Labute approximate surface area is 104 Å². The van der Waals surface area contributed by atoms with Crippen LogP contribution in [0.1, 0.15) is 5.56 Å². The van der Waals surface area contributed by atoms with Crippen LogP contribution in [0.5, 0.6) is 11.5 Å². The SMILES string of the molecule is Br.Oc1ccc2c(c1)CC(C1=NCCN1)O2. The largest absolute Gasteiger partial charge is 0.508 e. The topological polar surface area (TPSA) is 53.9 Å². The minimum atomic E-state index is 0. The smallest absolute Gasteiger partial charge is 0.159 e. The van der Waals surface area contributed by atoms with E-state index in [0.717, 1.165) is 36.7 Å². The van der Waals surface area contributed by atoms with Crippen LogP contribution in [0.25, 0.3) is 0 Å². The highest BCUT2D eigenvalue weighted by atomic mass is 79.9. The summed E-state index contributed by atoms with van der Waals surface area (Å²) in [6, 6.07) is 5.20. The maximum atomic E-state index is 9.35. The van der Waals surface area contributed by atoms with Crippen molar-refractivity contribution in [1.29, 1.82) is 0 Å². The third-order valence-electron chi connectivity index (χ3n) is 2.72. The molecule has 0 aliphatic carbocycles. The van der Waals surface area contributed by atoms with E-state index in [1.165, 1.54) is 0 Å².